The third-order valence-electron chi connectivity index (χ3n) is 8.46. The van der Waals surface area contributed by atoms with Crippen LogP contribution in [-0.2, 0) is 28.6 Å². The Morgan fingerprint density at radius 3 is 1.21 bits per heavy atom. The first kappa shape index (κ1) is 44.9. The lowest BCUT2D eigenvalue weighted by molar-refractivity contribution is -0.167. The number of hydrogen-bond donors (Lipinski definition) is 0. The van der Waals surface area contributed by atoms with Crippen LogP contribution < -0.4 is 0 Å². The summed E-state index contributed by atoms with van der Waals surface area (Å²) in [5.74, 6) is -0.905. The van der Waals surface area contributed by atoms with Crippen LogP contribution in [0.4, 0.5) is 0 Å². The van der Waals surface area contributed by atoms with Gasteiger partial charge in [-0.05, 0) is 51.4 Å². The van der Waals surface area contributed by atoms with Crippen LogP contribution in [0.2, 0.25) is 0 Å². The highest BCUT2D eigenvalue weighted by molar-refractivity contribution is 5.71. The van der Waals surface area contributed by atoms with Gasteiger partial charge in [0.15, 0.2) is 6.10 Å². The summed E-state index contributed by atoms with van der Waals surface area (Å²) in [4.78, 5) is 37.2. The number of rotatable bonds is 35. The normalized spacial score (nSPS) is 11.6. The fourth-order valence-corrected chi connectivity index (χ4v) is 5.41. The molecule has 0 unspecified atom stereocenters. The standard InChI is InChI=1S/C41H74O6/c1-4-7-10-13-16-17-18-19-20-21-22-23-26-29-32-35-41(44)47-38(36-45-39(42)33-30-27-24-14-11-8-5-2)37-46-40(43)34-31-28-25-15-12-9-6-3/h16-17,19-20,38H,4-15,18,21-37H2,1-3H3. The molecule has 0 radical (unpaired) electrons. The van der Waals surface area contributed by atoms with Crippen LogP contribution in [0, 0.1) is 0 Å². The van der Waals surface area contributed by atoms with Gasteiger partial charge in [0.25, 0.3) is 0 Å². The van der Waals surface area contributed by atoms with E-state index < -0.39 is 6.10 Å². The SMILES string of the molecule is CCCCCC=CCC=CCCCCCCCC(=O)OC(COC(=O)CCCCCCCCC)COC(=O)CCCCCCCCC. The van der Waals surface area contributed by atoms with E-state index in [1.807, 2.05) is 0 Å². The molecular weight excluding hydrogens is 588 g/mol. The van der Waals surface area contributed by atoms with Gasteiger partial charge >= 0.3 is 17.9 Å². The van der Waals surface area contributed by atoms with Crippen molar-refractivity contribution < 1.29 is 28.6 Å². The van der Waals surface area contributed by atoms with Gasteiger partial charge in [0, 0.05) is 19.3 Å². The van der Waals surface area contributed by atoms with E-state index in [-0.39, 0.29) is 31.1 Å². The van der Waals surface area contributed by atoms with Crippen LogP contribution in [0.1, 0.15) is 201 Å². The highest BCUT2D eigenvalue weighted by Gasteiger charge is 2.19. The maximum Gasteiger partial charge on any atom is 0.306 e. The predicted octanol–water partition coefficient (Wildman–Crippen LogP) is 12.1. The highest BCUT2D eigenvalue weighted by atomic mass is 16.6. The number of unbranched alkanes of at least 4 members (excludes halogenated alkanes) is 20. The summed E-state index contributed by atoms with van der Waals surface area (Å²) in [7, 11) is 0. The first-order valence-electron chi connectivity index (χ1n) is 19.8. The Balaban J connectivity index is 4.32. The van der Waals surface area contributed by atoms with Gasteiger partial charge in [-0.1, -0.05) is 154 Å². The minimum absolute atomic E-state index is 0.0754. The minimum Gasteiger partial charge on any atom is -0.462 e. The van der Waals surface area contributed by atoms with Crippen LogP contribution in [0.25, 0.3) is 0 Å². The van der Waals surface area contributed by atoms with Crippen molar-refractivity contribution in [3.05, 3.63) is 24.3 Å². The molecule has 0 saturated heterocycles. The molecule has 0 N–H and O–H groups in total. The summed E-state index contributed by atoms with van der Waals surface area (Å²) in [6, 6.07) is 0. The lowest BCUT2D eigenvalue weighted by atomic mass is 10.1. The van der Waals surface area contributed by atoms with E-state index in [0.717, 1.165) is 83.5 Å². The Morgan fingerprint density at radius 1 is 0.426 bits per heavy atom. The molecule has 0 bridgehead atoms. The molecule has 0 amide bonds. The molecule has 0 rings (SSSR count). The van der Waals surface area contributed by atoms with Gasteiger partial charge in [-0.15, -0.1) is 0 Å². The zero-order valence-electron chi connectivity index (χ0n) is 31.0. The number of allylic oxidation sites excluding steroid dienone is 4. The highest BCUT2D eigenvalue weighted by Crippen LogP contribution is 2.13. The van der Waals surface area contributed by atoms with Crippen molar-refractivity contribution in [2.75, 3.05) is 13.2 Å². The van der Waals surface area contributed by atoms with Gasteiger partial charge in [0.2, 0.25) is 0 Å². The lowest BCUT2D eigenvalue weighted by Gasteiger charge is -2.18. The van der Waals surface area contributed by atoms with Gasteiger partial charge in [-0.3, -0.25) is 14.4 Å². The zero-order valence-corrected chi connectivity index (χ0v) is 31.0. The molecule has 0 aliphatic rings. The van der Waals surface area contributed by atoms with Crippen molar-refractivity contribution in [3.8, 4) is 0 Å². The molecular formula is C41H74O6. The average Bonchev–Trinajstić information content (AvgIpc) is 3.06. The Hall–Kier alpha value is -2.11. The van der Waals surface area contributed by atoms with Crippen molar-refractivity contribution in [1.29, 1.82) is 0 Å². The van der Waals surface area contributed by atoms with Gasteiger partial charge < -0.3 is 14.2 Å². The molecule has 274 valence electrons. The molecule has 0 aromatic carbocycles. The number of hydrogen-bond acceptors (Lipinski definition) is 6. The third kappa shape index (κ3) is 35.0. The van der Waals surface area contributed by atoms with E-state index in [1.165, 1.54) is 77.0 Å². The summed E-state index contributed by atoms with van der Waals surface area (Å²) >= 11 is 0. The smallest absolute Gasteiger partial charge is 0.306 e. The van der Waals surface area contributed by atoms with Crippen LogP contribution in [0.5, 0.6) is 0 Å². The zero-order chi connectivity index (χ0) is 34.5. The molecule has 0 heterocycles. The van der Waals surface area contributed by atoms with E-state index in [0.29, 0.717) is 19.3 Å². The first-order valence-corrected chi connectivity index (χ1v) is 19.8. The van der Waals surface area contributed by atoms with Crippen LogP contribution in [0.15, 0.2) is 24.3 Å². The predicted molar refractivity (Wildman–Crippen MR) is 196 cm³/mol. The first-order chi connectivity index (χ1) is 23.0. The van der Waals surface area contributed by atoms with Crippen LogP contribution in [-0.4, -0.2) is 37.2 Å². The van der Waals surface area contributed by atoms with Crippen molar-refractivity contribution in [3.63, 3.8) is 0 Å². The van der Waals surface area contributed by atoms with E-state index in [4.69, 9.17) is 14.2 Å². The monoisotopic (exact) mass is 663 g/mol. The van der Waals surface area contributed by atoms with E-state index in [1.54, 1.807) is 0 Å². The third-order valence-corrected chi connectivity index (χ3v) is 8.46. The maximum atomic E-state index is 12.6. The van der Waals surface area contributed by atoms with Crippen LogP contribution >= 0.6 is 0 Å². The molecule has 0 saturated carbocycles. The Morgan fingerprint density at radius 2 is 0.766 bits per heavy atom. The summed E-state index contributed by atoms with van der Waals surface area (Å²) < 4.78 is 16.5. The summed E-state index contributed by atoms with van der Waals surface area (Å²) in [5.41, 5.74) is 0. The second-order valence-electron chi connectivity index (χ2n) is 13.2. The van der Waals surface area contributed by atoms with Gasteiger partial charge in [-0.2, -0.15) is 0 Å². The fourth-order valence-electron chi connectivity index (χ4n) is 5.41. The Kier molecular flexibility index (Phi) is 35.1. The van der Waals surface area contributed by atoms with Crippen molar-refractivity contribution >= 4 is 17.9 Å². The molecule has 6 heteroatoms. The number of ether oxygens (including phenoxy) is 3. The molecule has 0 spiro atoms. The molecule has 0 aliphatic carbocycles. The largest absolute Gasteiger partial charge is 0.462 e. The Labute approximate surface area is 290 Å². The van der Waals surface area contributed by atoms with Crippen molar-refractivity contribution in [1.82, 2.24) is 0 Å². The minimum atomic E-state index is -0.767. The summed E-state index contributed by atoms with van der Waals surface area (Å²) in [6.07, 6.45) is 37.5. The van der Waals surface area contributed by atoms with Gasteiger partial charge in [0.05, 0.1) is 0 Å². The summed E-state index contributed by atoms with van der Waals surface area (Å²) in [6.45, 7) is 6.49. The van der Waals surface area contributed by atoms with Crippen molar-refractivity contribution in [2.45, 2.75) is 207 Å². The molecule has 0 atom stereocenters. The van der Waals surface area contributed by atoms with Crippen LogP contribution in [0.3, 0.4) is 0 Å². The number of carbonyl (C=O) groups excluding carboxylic acids is 3. The van der Waals surface area contributed by atoms with Gasteiger partial charge in [-0.25, -0.2) is 0 Å². The molecule has 0 aromatic rings. The second-order valence-corrected chi connectivity index (χ2v) is 13.2. The van der Waals surface area contributed by atoms with Crippen molar-refractivity contribution in [2.24, 2.45) is 0 Å². The van der Waals surface area contributed by atoms with E-state index in [2.05, 4.69) is 45.1 Å². The van der Waals surface area contributed by atoms with E-state index >= 15 is 0 Å². The Bertz CT molecular complexity index is 740. The maximum absolute atomic E-state index is 12.6. The molecule has 0 fully saturated rings. The van der Waals surface area contributed by atoms with E-state index in [9.17, 15) is 14.4 Å². The average molecular weight is 663 g/mol. The fraction of sp³-hybridized carbons (Fsp3) is 0.829. The second kappa shape index (κ2) is 36.7. The summed E-state index contributed by atoms with van der Waals surface area (Å²) in [5, 5.41) is 0. The molecule has 6 nitrogen and oxygen atoms in total. The number of esters is 3. The lowest BCUT2D eigenvalue weighted by Crippen LogP contribution is -2.30. The molecule has 0 aromatic heterocycles. The van der Waals surface area contributed by atoms with Gasteiger partial charge in [0.1, 0.15) is 13.2 Å². The number of carbonyl (C=O) groups is 3. The topological polar surface area (TPSA) is 78.9 Å². The molecule has 47 heavy (non-hydrogen) atoms. The molecule has 0 aliphatic heterocycles. The quantitative estimate of drug-likeness (QED) is 0.0291.